The maximum absolute atomic E-state index is 12.1. The molecule has 0 aliphatic rings. The number of carbonyl (C=O) groups is 2. The van der Waals surface area contributed by atoms with E-state index in [0.29, 0.717) is 13.0 Å². The Hall–Kier alpha value is -3.02. The molecule has 2 aromatic rings. The van der Waals surface area contributed by atoms with Gasteiger partial charge in [0.25, 0.3) is 0 Å². The minimum Gasteiger partial charge on any atom is -0.494 e. The third-order valence-corrected chi connectivity index (χ3v) is 4.00. The molecule has 0 aliphatic carbocycles. The Morgan fingerprint density at radius 3 is 1.96 bits per heavy atom. The fourth-order valence-corrected chi connectivity index (χ4v) is 2.48. The molecule has 0 atom stereocenters. The van der Waals surface area contributed by atoms with Crippen molar-refractivity contribution < 1.29 is 14.3 Å². The van der Waals surface area contributed by atoms with Crippen molar-refractivity contribution in [3.63, 3.8) is 0 Å². The van der Waals surface area contributed by atoms with Gasteiger partial charge >= 0.3 is 0 Å². The third-order valence-electron chi connectivity index (χ3n) is 4.00. The summed E-state index contributed by atoms with van der Waals surface area (Å²) >= 11 is 0. The van der Waals surface area contributed by atoms with Gasteiger partial charge in [-0.05, 0) is 61.4 Å². The van der Waals surface area contributed by atoms with Crippen LogP contribution in [0.4, 0.5) is 17.1 Å². The molecule has 3 N–H and O–H groups in total. The maximum Gasteiger partial charge on any atom is 0.243 e. The first-order valence-electron chi connectivity index (χ1n) is 9.77. The lowest BCUT2D eigenvalue weighted by molar-refractivity contribution is -0.116. The smallest absolute Gasteiger partial charge is 0.243 e. The fourth-order valence-electron chi connectivity index (χ4n) is 2.48. The van der Waals surface area contributed by atoms with Crippen molar-refractivity contribution in [2.75, 3.05) is 29.1 Å². The maximum atomic E-state index is 12.1. The number of ether oxygens (including phenoxy) is 1. The van der Waals surface area contributed by atoms with Crippen LogP contribution in [0.1, 0.15) is 39.5 Å². The van der Waals surface area contributed by atoms with Gasteiger partial charge < -0.3 is 20.7 Å². The van der Waals surface area contributed by atoms with Gasteiger partial charge in [0.1, 0.15) is 5.75 Å². The van der Waals surface area contributed by atoms with Gasteiger partial charge in [-0.15, -0.1) is 0 Å². The molecule has 150 valence electrons. The van der Waals surface area contributed by atoms with Crippen LogP contribution in [0.15, 0.2) is 48.5 Å². The average Bonchev–Trinajstić information content (AvgIpc) is 2.69. The van der Waals surface area contributed by atoms with Crippen molar-refractivity contribution in [3.05, 3.63) is 48.5 Å². The first-order chi connectivity index (χ1) is 13.6. The van der Waals surface area contributed by atoms with Crippen LogP contribution in [0, 0.1) is 0 Å². The molecule has 28 heavy (non-hydrogen) atoms. The highest BCUT2D eigenvalue weighted by molar-refractivity contribution is 5.94. The van der Waals surface area contributed by atoms with Crippen LogP contribution in [0.5, 0.6) is 5.75 Å². The first-order valence-corrected chi connectivity index (χ1v) is 9.77. The minimum absolute atomic E-state index is 0.00405. The lowest BCUT2D eigenvalue weighted by Crippen LogP contribution is -2.21. The minimum atomic E-state index is -0.139. The molecule has 0 unspecified atom stereocenters. The molecule has 0 saturated carbocycles. The first kappa shape index (κ1) is 21.3. The molecule has 0 radical (unpaired) electrons. The molecule has 0 aliphatic heterocycles. The van der Waals surface area contributed by atoms with Crippen LogP contribution < -0.4 is 20.7 Å². The Balaban J connectivity index is 1.75. The van der Waals surface area contributed by atoms with Crippen molar-refractivity contribution >= 4 is 28.9 Å². The molecule has 6 heteroatoms. The quantitative estimate of drug-likeness (QED) is 0.493. The topological polar surface area (TPSA) is 79.5 Å². The average molecular weight is 383 g/mol. The molecule has 0 aromatic heterocycles. The van der Waals surface area contributed by atoms with Crippen molar-refractivity contribution in [1.29, 1.82) is 0 Å². The van der Waals surface area contributed by atoms with E-state index in [1.807, 2.05) is 55.5 Å². The van der Waals surface area contributed by atoms with Crippen molar-refractivity contribution in [2.24, 2.45) is 0 Å². The summed E-state index contributed by atoms with van der Waals surface area (Å²) in [5.74, 6) is 0.667. The Morgan fingerprint density at radius 1 is 0.786 bits per heavy atom. The summed E-state index contributed by atoms with van der Waals surface area (Å²) in [6.45, 7) is 4.94. The van der Waals surface area contributed by atoms with E-state index in [2.05, 4.69) is 22.9 Å². The number of carbonyl (C=O) groups excluding carboxylic acids is 2. The molecule has 0 fully saturated rings. The molecule has 0 saturated heterocycles. The molecule has 2 amide bonds. The Morgan fingerprint density at radius 2 is 1.36 bits per heavy atom. The van der Waals surface area contributed by atoms with E-state index in [9.17, 15) is 9.59 Å². The highest BCUT2D eigenvalue weighted by Gasteiger charge is 2.04. The second kappa shape index (κ2) is 11.6. The molecule has 0 heterocycles. The SMILES string of the molecule is CCCCOc1ccc(NC(=O)CNc2ccc(NC(=O)CCC)cc2)cc1. The van der Waals surface area contributed by atoms with Gasteiger partial charge in [0.2, 0.25) is 11.8 Å². The number of benzene rings is 2. The zero-order valence-electron chi connectivity index (χ0n) is 16.6. The second-order valence-corrected chi connectivity index (χ2v) is 6.50. The molecule has 0 bridgehead atoms. The van der Waals surface area contributed by atoms with Crippen LogP contribution >= 0.6 is 0 Å². The number of amides is 2. The summed E-state index contributed by atoms with van der Waals surface area (Å²) < 4.78 is 5.61. The van der Waals surface area contributed by atoms with Gasteiger partial charge in [-0.3, -0.25) is 9.59 Å². The van der Waals surface area contributed by atoms with Gasteiger partial charge in [-0.1, -0.05) is 20.3 Å². The summed E-state index contributed by atoms with van der Waals surface area (Å²) in [6, 6.07) is 14.6. The molecular formula is C22H29N3O3. The number of anilines is 3. The lowest BCUT2D eigenvalue weighted by Gasteiger charge is -2.10. The van der Waals surface area contributed by atoms with Crippen LogP contribution in [0.2, 0.25) is 0 Å². The summed E-state index contributed by atoms with van der Waals surface area (Å²) in [5, 5.41) is 8.74. The van der Waals surface area contributed by atoms with E-state index in [1.165, 1.54) is 0 Å². The van der Waals surface area contributed by atoms with E-state index in [-0.39, 0.29) is 18.4 Å². The predicted molar refractivity (Wildman–Crippen MR) is 114 cm³/mol. The number of hydrogen-bond acceptors (Lipinski definition) is 4. The monoisotopic (exact) mass is 383 g/mol. The highest BCUT2D eigenvalue weighted by Crippen LogP contribution is 2.17. The predicted octanol–water partition coefficient (Wildman–Crippen LogP) is 4.65. The van der Waals surface area contributed by atoms with Crippen molar-refractivity contribution in [2.45, 2.75) is 39.5 Å². The zero-order valence-corrected chi connectivity index (χ0v) is 16.6. The molecule has 2 aromatic carbocycles. The zero-order chi connectivity index (χ0) is 20.2. The number of nitrogens with one attached hydrogen (secondary N) is 3. The summed E-state index contributed by atoms with van der Waals surface area (Å²) in [4.78, 5) is 23.7. The van der Waals surface area contributed by atoms with Crippen LogP contribution in [0.3, 0.4) is 0 Å². The van der Waals surface area contributed by atoms with Crippen molar-refractivity contribution in [3.8, 4) is 5.75 Å². The van der Waals surface area contributed by atoms with Crippen LogP contribution in [0.25, 0.3) is 0 Å². The highest BCUT2D eigenvalue weighted by atomic mass is 16.5. The number of rotatable bonds is 11. The van der Waals surface area contributed by atoms with Gasteiger partial charge in [0, 0.05) is 23.5 Å². The Labute approximate surface area is 166 Å². The largest absolute Gasteiger partial charge is 0.494 e. The van der Waals surface area contributed by atoms with E-state index < -0.39 is 0 Å². The van der Waals surface area contributed by atoms with Crippen LogP contribution in [-0.2, 0) is 9.59 Å². The Kier molecular flexibility index (Phi) is 8.85. The summed E-state index contributed by atoms with van der Waals surface area (Å²) in [7, 11) is 0. The molecule has 2 rings (SSSR count). The van der Waals surface area contributed by atoms with Crippen LogP contribution in [-0.4, -0.2) is 25.0 Å². The standard InChI is InChI=1S/C22H29N3O3/c1-3-5-15-28-20-13-11-19(12-14-20)25-22(27)16-23-17-7-9-18(10-8-17)24-21(26)6-4-2/h7-14,23H,3-6,15-16H2,1-2H3,(H,24,26)(H,25,27). The van der Waals surface area contributed by atoms with E-state index in [4.69, 9.17) is 4.74 Å². The summed E-state index contributed by atoms with van der Waals surface area (Å²) in [5.41, 5.74) is 2.28. The second-order valence-electron chi connectivity index (χ2n) is 6.50. The third kappa shape index (κ3) is 7.70. The van der Waals surface area contributed by atoms with Gasteiger partial charge in [-0.25, -0.2) is 0 Å². The normalized spacial score (nSPS) is 10.2. The molecule has 0 spiro atoms. The molecule has 6 nitrogen and oxygen atoms in total. The van der Waals surface area contributed by atoms with Gasteiger partial charge in [0.15, 0.2) is 0 Å². The number of hydrogen-bond donors (Lipinski definition) is 3. The lowest BCUT2D eigenvalue weighted by atomic mass is 10.2. The fraction of sp³-hybridized carbons (Fsp3) is 0.364. The summed E-state index contributed by atoms with van der Waals surface area (Å²) in [6.07, 6.45) is 3.44. The van der Waals surface area contributed by atoms with Crippen molar-refractivity contribution in [1.82, 2.24) is 0 Å². The molecular weight excluding hydrogens is 354 g/mol. The van der Waals surface area contributed by atoms with Gasteiger partial charge in [0.05, 0.1) is 13.2 Å². The van der Waals surface area contributed by atoms with E-state index in [0.717, 1.165) is 42.1 Å². The van der Waals surface area contributed by atoms with Gasteiger partial charge in [-0.2, -0.15) is 0 Å². The van der Waals surface area contributed by atoms with E-state index >= 15 is 0 Å². The Bertz CT molecular complexity index is 743. The number of unbranched alkanes of at least 4 members (excludes halogenated alkanes) is 1. The van der Waals surface area contributed by atoms with E-state index in [1.54, 1.807) is 0 Å².